The van der Waals surface area contributed by atoms with Crippen molar-refractivity contribution in [3.05, 3.63) is 29.8 Å². The van der Waals surface area contributed by atoms with Gasteiger partial charge in [-0.2, -0.15) is 0 Å². The van der Waals surface area contributed by atoms with E-state index < -0.39 is 0 Å². The summed E-state index contributed by atoms with van der Waals surface area (Å²) in [5.41, 5.74) is 1.32. The predicted octanol–water partition coefficient (Wildman–Crippen LogP) is 2.63. The van der Waals surface area contributed by atoms with E-state index in [4.69, 9.17) is 11.2 Å². The van der Waals surface area contributed by atoms with Crippen molar-refractivity contribution >= 4 is 0 Å². The highest BCUT2D eigenvalue weighted by Gasteiger charge is 2.01. The van der Waals surface area contributed by atoms with Gasteiger partial charge in [-0.25, -0.2) is 0 Å². The van der Waals surface area contributed by atoms with Gasteiger partial charge in [0.15, 0.2) is 0 Å². The monoisotopic (exact) mass is 231 g/mol. The van der Waals surface area contributed by atoms with Gasteiger partial charge in [-0.3, -0.25) is 0 Å². The summed E-state index contributed by atoms with van der Waals surface area (Å²) >= 11 is 0. The number of terminal acetylenes is 1. The molecule has 0 aromatic heterocycles. The summed E-state index contributed by atoms with van der Waals surface area (Å²) in [5, 5.41) is 3.40. The zero-order valence-corrected chi connectivity index (χ0v) is 10.7. The number of rotatable bonds is 7. The molecular weight excluding hydrogens is 210 g/mol. The van der Waals surface area contributed by atoms with E-state index in [1.807, 2.05) is 12.1 Å². The second kappa shape index (κ2) is 7.76. The van der Waals surface area contributed by atoms with Crippen LogP contribution in [0.2, 0.25) is 0 Å². The van der Waals surface area contributed by atoms with Crippen molar-refractivity contribution in [1.29, 1.82) is 0 Å². The van der Waals surface area contributed by atoms with E-state index in [1.165, 1.54) is 5.56 Å². The molecule has 0 radical (unpaired) electrons. The third-order valence-electron chi connectivity index (χ3n) is 2.53. The molecule has 1 rings (SSSR count). The van der Waals surface area contributed by atoms with Crippen LogP contribution >= 0.6 is 0 Å². The van der Waals surface area contributed by atoms with Gasteiger partial charge in [0.25, 0.3) is 0 Å². The summed E-state index contributed by atoms with van der Waals surface area (Å²) in [4.78, 5) is 0. The molecule has 1 aromatic carbocycles. The Bertz CT molecular complexity index is 350. The fraction of sp³-hybridized carbons (Fsp3) is 0.467. The van der Waals surface area contributed by atoms with Crippen LogP contribution < -0.4 is 10.1 Å². The normalized spacial score (nSPS) is 11.8. The molecule has 0 aliphatic rings. The summed E-state index contributed by atoms with van der Waals surface area (Å²) in [6.07, 6.45) is 6.86. The Morgan fingerprint density at radius 3 is 2.65 bits per heavy atom. The van der Waals surface area contributed by atoms with E-state index in [-0.39, 0.29) is 0 Å². The minimum atomic E-state index is 0.508. The third kappa shape index (κ3) is 5.42. The fourth-order valence-electron chi connectivity index (χ4n) is 1.72. The summed E-state index contributed by atoms with van der Waals surface area (Å²) < 4.78 is 5.50. The van der Waals surface area contributed by atoms with Crippen molar-refractivity contribution in [2.75, 3.05) is 13.2 Å². The molecule has 0 amide bonds. The van der Waals surface area contributed by atoms with Gasteiger partial charge >= 0.3 is 0 Å². The van der Waals surface area contributed by atoms with Gasteiger partial charge in [-0.05, 0) is 37.6 Å². The SMILES string of the molecule is C#CCCOc1ccc(CC(C)NCC)cc1. The van der Waals surface area contributed by atoms with Crippen LogP contribution in [0.4, 0.5) is 0 Å². The topological polar surface area (TPSA) is 21.3 Å². The Balaban J connectivity index is 2.42. The van der Waals surface area contributed by atoms with Crippen LogP contribution in [-0.2, 0) is 6.42 Å². The quantitative estimate of drug-likeness (QED) is 0.575. The molecule has 0 aliphatic heterocycles. The van der Waals surface area contributed by atoms with E-state index in [2.05, 4.69) is 37.2 Å². The average Bonchev–Trinajstić information content (AvgIpc) is 2.32. The fourth-order valence-corrected chi connectivity index (χ4v) is 1.72. The first kappa shape index (κ1) is 13.6. The van der Waals surface area contributed by atoms with Gasteiger partial charge in [0.1, 0.15) is 5.75 Å². The molecule has 2 nitrogen and oxygen atoms in total. The highest BCUT2D eigenvalue weighted by molar-refractivity contribution is 5.27. The minimum Gasteiger partial charge on any atom is -0.493 e. The van der Waals surface area contributed by atoms with Gasteiger partial charge in [-0.15, -0.1) is 12.3 Å². The van der Waals surface area contributed by atoms with E-state index in [9.17, 15) is 0 Å². The number of likely N-dealkylation sites (N-methyl/N-ethyl adjacent to an activating group) is 1. The highest BCUT2D eigenvalue weighted by atomic mass is 16.5. The summed E-state index contributed by atoms with van der Waals surface area (Å²) in [6, 6.07) is 8.74. The molecular formula is C15H21NO. The van der Waals surface area contributed by atoms with Crippen LogP contribution in [0.25, 0.3) is 0 Å². The van der Waals surface area contributed by atoms with Crippen molar-refractivity contribution < 1.29 is 4.74 Å². The molecule has 0 aliphatic carbocycles. The van der Waals surface area contributed by atoms with Crippen molar-refractivity contribution in [3.8, 4) is 18.1 Å². The smallest absolute Gasteiger partial charge is 0.119 e. The van der Waals surface area contributed by atoms with E-state index in [0.29, 0.717) is 19.1 Å². The zero-order chi connectivity index (χ0) is 12.5. The zero-order valence-electron chi connectivity index (χ0n) is 10.7. The first-order chi connectivity index (χ1) is 8.26. The highest BCUT2D eigenvalue weighted by Crippen LogP contribution is 2.13. The van der Waals surface area contributed by atoms with Gasteiger partial charge < -0.3 is 10.1 Å². The third-order valence-corrected chi connectivity index (χ3v) is 2.53. The summed E-state index contributed by atoms with van der Waals surface area (Å²) in [6.45, 7) is 5.91. The molecule has 0 spiro atoms. The number of hydrogen-bond donors (Lipinski definition) is 1. The molecule has 0 fully saturated rings. The predicted molar refractivity (Wildman–Crippen MR) is 72.2 cm³/mol. The number of hydrogen-bond acceptors (Lipinski definition) is 2. The van der Waals surface area contributed by atoms with Gasteiger partial charge in [0, 0.05) is 12.5 Å². The van der Waals surface area contributed by atoms with Crippen LogP contribution in [-0.4, -0.2) is 19.2 Å². The van der Waals surface area contributed by atoms with Crippen molar-refractivity contribution in [2.24, 2.45) is 0 Å². The van der Waals surface area contributed by atoms with Gasteiger partial charge in [0.2, 0.25) is 0 Å². The van der Waals surface area contributed by atoms with Gasteiger partial charge in [0.05, 0.1) is 6.61 Å². The number of nitrogens with one attached hydrogen (secondary N) is 1. The molecule has 0 heterocycles. The second-order valence-electron chi connectivity index (χ2n) is 4.11. The molecule has 17 heavy (non-hydrogen) atoms. The lowest BCUT2D eigenvalue weighted by Crippen LogP contribution is -2.27. The minimum absolute atomic E-state index is 0.508. The van der Waals surface area contributed by atoms with Gasteiger partial charge in [-0.1, -0.05) is 19.1 Å². The Morgan fingerprint density at radius 2 is 2.06 bits per heavy atom. The largest absolute Gasteiger partial charge is 0.493 e. The Labute approximate surface area is 104 Å². The summed E-state index contributed by atoms with van der Waals surface area (Å²) in [7, 11) is 0. The maximum absolute atomic E-state index is 5.50. The summed E-state index contributed by atoms with van der Waals surface area (Å²) in [5.74, 6) is 3.45. The first-order valence-electron chi connectivity index (χ1n) is 6.14. The van der Waals surface area contributed by atoms with Crippen LogP contribution in [0, 0.1) is 12.3 Å². The lowest BCUT2D eigenvalue weighted by molar-refractivity contribution is 0.327. The van der Waals surface area contributed by atoms with Crippen molar-refractivity contribution in [3.63, 3.8) is 0 Å². The van der Waals surface area contributed by atoms with E-state index >= 15 is 0 Å². The number of ether oxygens (including phenoxy) is 1. The average molecular weight is 231 g/mol. The first-order valence-corrected chi connectivity index (χ1v) is 6.14. The van der Waals surface area contributed by atoms with Crippen LogP contribution in [0.3, 0.4) is 0 Å². The maximum atomic E-state index is 5.50. The molecule has 0 bridgehead atoms. The van der Waals surface area contributed by atoms with Crippen LogP contribution in [0.1, 0.15) is 25.8 Å². The van der Waals surface area contributed by atoms with E-state index in [0.717, 1.165) is 18.7 Å². The second-order valence-corrected chi connectivity index (χ2v) is 4.11. The standard InChI is InChI=1S/C15H21NO/c1-4-6-11-17-15-9-7-14(8-10-15)12-13(3)16-5-2/h1,7-10,13,16H,5-6,11-12H2,2-3H3. The van der Waals surface area contributed by atoms with E-state index in [1.54, 1.807) is 0 Å². The molecule has 92 valence electrons. The molecule has 1 N–H and O–H groups in total. The molecule has 1 atom stereocenters. The Morgan fingerprint density at radius 1 is 1.35 bits per heavy atom. The molecule has 0 saturated heterocycles. The number of benzene rings is 1. The van der Waals surface area contributed by atoms with Crippen LogP contribution in [0.15, 0.2) is 24.3 Å². The lowest BCUT2D eigenvalue weighted by Gasteiger charge is -2.12. The molecule has 2 heteroatoms. The molecule has 1 aromatic rings. The lowest BCUT2D eigenvalue weighted by atomic mass is 10.1. The molecule has 0 saturated carbocycles. The molecule has 1 unspecified atom stereocenters. The Hall–Kier alpha value is -1.46. The van der Waals surface area contributed by atoms with Crippen LogP contribution in [0.5, 0.6) is 5.75 Å². The Kier molecular flexibility index (Phi) is 6.21. The van der Waals surface area contributed by atoms with Crippen molar-refractivity contribution in [1.82, 2.24) is 5.32 Å². The van der Waals surface area contributed by atoms with Crippen molar-refractivity contribution in [2.45, 2.75) is 32.7 Å². The maximum Gasteiger partial charge on any atom is 0.119 e.